The molecule has 1 N–H and O–H groups in total. The van der Waals surface area contributed by atoms with E-state index in [1.54, 1.807) is 6.20 Å². The zero-order chi connectivity index (χ0) is 17.8. The van der Waals surface area contributed by atoms with Crippen LogP contribution in [0.2, 0.25) is 0 Å². The highest BCUT2D eigenvalue weighted by Gasteiger charge is 2.52. The van der Waals surface area contributed by atoms with Gasteiger partial charge < -0.3 is 5.11 Å². The van der Waals surface area contributed by atoms with Gasteiger partial charge in [0, 0.05) is 35.7 Å². The molecule has 5 nitrogen and oxygen atoms in total. The number of carbonyl (C=O) groups excluding carboxylic acids is 1. The third-order valence-corrected chi connectivity index (χ3v) is 6.16. The summed E-state index contributed by atoms with van der Waals surface area (Å²) in [7, 11) is 1.96. The first kappa shape index (κ1) is 16.1. The van der Waals surface area contributed by atoms with Gasteiger partial charge in [0.1, 0.15) is 0 Å². The van der Waals surface area contributed by atoms with Gasteiger partial charge in [-0.25, -0.2) is 0 Å². The minimum Gasteiger partial charge on any atom is -0.515 e. The normalized spacial score (nSPS) is 30.2. The molecule has 2 aliphatic carbocycles. The van der Waals surface area contributed by atoms with Gasteiger partial charge in [-0.3, -0.25) is 14.5 Å². The summed E-state index contributed by atoms with van der Waals surface area (Å²) in [6.07, 6.45) is 5.21. The molecule has 1 fully saturated rings. The molecular formula is C20H23N3O2. The Hall–Kier alpha value is -2.43. The first-order chi connectivity index (χ1) is 12.0. The summed E-state index contributed by atoms with van der Waals surface area (Å²) < 4.78 is 1.92. The van der Waals surface area contributed by atoms with Gasteiger partial charge >= 0.3 is 0 Å². The number of hydrogen-bond acceptors (Lipinski definition) is 4. The van der Waals surface area contributed by atoms with Crippen LogP contribution in [0, 0.1) is 11.8 Å². The summed E-state index contributed by atoms with van der Waals surface area (Å²) in [5, 5.41) is 14.4. The van der Waals surface area contributed by atoms with Crippen molar-refractivity contribution in [2.24, 2.45) is 18.9 Å². The molecule has 2 heterocycles. The number of allylic oxidation sites excluding steroid dienone is 1. The van der Waals surface area contributed by atoms with Crippen LogP contribution in [0.4, 0.5) is 0 Å². The molecule has 5 heteroatoms. The van der Waals surface area contributed by atoms with Crippen LogP contribution in [0.15, 0.2) is 36.2 Å². The molecule has 0 bridgehead atoms. The topological polar surface area (TPSA) is 68.0 Å². The van der Waals surface area contributed by atoms with Crippen molar-refractivity contribution in [2.75, 3.05) is 0 Å². The highest BCUT2D eigenvalue weighted by Crippen LogP contribution is 2.53. The molecule has 0 unspecified atom stereocenters. The van der Waals surface area contributed by atoms with Crippen molar-refractivity contribution >= 4 is 5.78 Å². The lowest BCUT2D eigenvalue weighted by Gasteiger charge is -2.47. The number of nitrogens with zero attached hydrogens (tertiary/aromatic N) is 3. The lowest BCUT2D eigenvalue weighted by molar-refractivity contribution is -0.124. The number of hydrogen-bond donors (Lipinski definition) is 1. The molecule has 0 spiro atoms. The van der Waals surface area contributed by atoms with Crippen LogP contribution in [0.25, 0.3) is 11.4 Å². The standard InChI is InChI=1S/C20H23N3O2/c1-12-15-8-7-14-17(16-6-4-5-9-21-16)23(3)22-19(14)20(15,2)10-13(11-24)18(12)25/h4-6,9,11-12,15,24H,7-8,10H2,1-3H3/b13-11-/t12-,15-,20-/m0/s1. The Morgan fingerprint density at radius 3 is 2.88 bits per heavy atom. The van der Waals surface area contributed by atoms with Crippen LogP contribution >= 0.6 is 0 Å². The average molecular weight is 337 g/mol. The molecule has 4 rings (SSSR count). The maximum Gasteiger partial charge on any atom is 0.165 e. The second-order valence-electron chi connectivity index (χ2n) is 7.56. The van der Waals surface area contributed by atoms with Gasteiger partial charge in [0.2, 0.25) is 0 Å². The minimum absolute atomic E-state index is 0.0781. The second kappa shape index (κ2) is 5.55. The number of fused-ring (bicyclic) bond motifs is 3. The smallest absolute Gasteiger partial charge is 0.165 e. The number of pyridine rings is 1. The second-order valence-corrected chi connectivity index (χ2v) is 7.56. The first-order valence-corrected chi connectivity index (χ1v) is 8.82. The van der Waals surface area contributed by atoms with Crippen molar-refractivity contribution in [3.8, 4) is 11.4 Å². The number of rotatable bonds is 1. The van der Waals surface area contributed by atoms with E-state index in [2.05, 4.69) is 11.9 Å². The van der Waals surface area contributed by atoms with Gasteiger partial charge in [-0.15, -0.1) is 0 Å². The predicted octanol–water partition coefficient (Wildman–Crippen LogP) is 3.35. The number of aliphatic hydroxyl groups is 1. The van der Waals surface area contributed by atoms with Crippen LogP contribution in [-0.4, -0.2) is 25.7 Å². The fraction of sp³-hybridized carbons (Fsp3) is 0.450. The molecular weight excluding hydrogens is 314 g/mol. The third kappa shape index (κ3) is 2.18. The maximum absolute atomic E-state index is 12.5. The number of aryl methyl sites for hydroxylation is 1. The van der Waals surface area contributed by atoms with Crippen molar-refractivity contribution in [1.29, 1.82) is 0 Å². The zero-order valence-electron chi connectivity index (χ0n) is 14.9. The number of aliphatic hydroxyl groups excluding tert-OH is 1. The van der Waals surface area contributed by atoms with Gasteiger partial charge in [-0.2, -0.15) is 5.10 Å². The Morgan fingerprint density at radius 1 is 1.40 bits per heavy atom. The molecule has 0 amide bonds. The molecule has 0 saturated heterocycles. The van der Waals surface area contributed by atoms with Gasteiger partial charge in [0.25, 0.3) is 0 Å². The van der Waals surface area contributed by atoms with E-state index in [1.165, 1.54) is 5.56 Å². The molecule has 0 aromatic carbocycles. The lowest BCUT2D eigenvalue weighted by atomic mass is 9.55. The van der Waals surface area contributed by atoms with Crippen molar-refractivity contribution in [3.63, 3.8) is 0 Å². The Bertz CT molecular complexity index is 869. The van der Waals surface area contributed by atoms with Crippen LogP contribution in [-0.2, 0) is 23.7 Å². The summed E-state index contributed by atoms with van der Waals surface area (Å²) in [5.74, 6) is 0.239. The van der Waals surface area contributed by atoms with E-state index < -0.39 is 0 Å². The van der Waals surface area contributed by atoms with Gasteiger partial charge in [0.15, 0.2) is 5.78 Å². The molecule has 2 aromatic heterocycles. The highest BCUT2D eigenvalue weighted by molar-refractivity contribution is 5.98. The molecule has 0 radical (unpaired) electrons. The third-order valence-electron chi connectivity index (χ3n) is 6.16. The summed E-state index contributed by atoms with van der Waals surface area (Å²) >= 11 is 0. The maximum atomic E-state index is 12.5. The van der Waals surface area contributed by atoms with E-state index in [0.717, 1.165) is 36.2 Å². The van der Waals surface area contributed by atoms with Crippen LogP contribution in [0.3, 0.4) is 0 Å². The zero-order valence-corrected chi connectivity index (χ0v) is 14.9. The van der Waals surface area contributed by atoms with Crippen LogP contribution in [0.5, 0.6) is 0 Å². The summed E-state index contributed by atoms with van der Waals surface area (Å²) in [6.45, 7) is 4.18. The largest absolute Gasteiger partial charge is 0.515 e. The van der Waals surface area contributed by atoms with E-state index in [1.807, 2.05) is 36.9 Å². The molecule has 2 aliphatic rings. The SMILES string of the molecule is C[C@@H]1C(=O)/C(=C\O)C[C@]2(C)c3nn(C)c(-c4ccccn4)c3CC[C@@H]12. The van der Waals surface area contributed by atoms with E-state index in [-0.39, 0.29) is 23.0 Å². The fourth-order valence-corrected chi connectivity index (χ4v) is 4.96. The lowest BCUT2D eigenvalue weighted by Crippen LogP contribution is -2.47. The Kier molecular flexibility index (Phi) is 3.56. The van der Waals surface area contributed by atoms with Crippen LogP contribution in [0.1, 0.15) is 37.9 Å². The monoisotopic (exact) mass is 337 g/mol. The summed E-state index contributed by atoms with van der Waals surface area (Å²) in [5.41, 5.74) is 4.57. The van der Waals surface area contributed by atoms with Gasteiger partial charge in [0.05, 0.1) is 23.3 Å². The Morgan fingerprint density at radius 2 is 2.20 bits per heavy atom. The molecule has 130 valence electrons. The summed E-state index contributed by atoms with van der Waals surface area (Å²) in [4.78, 5) is 17.0. The molecule has 0 aliphatic heterocycles. The number of ketones is 1. The number of aromatic nitrogens is 3. The van der Waals surface area contributed by atoms with E-state index in [0.29, 0.717) is 12.0 Å². The van der Waals surface area contributed by atoms with E-state index in [4.69, 9.17) is 5.10 Å². The quantitative estimate of drug-likeness (QED) is 0.640. The van der Waals surface area contributed by atoms with Crippen molar-refractivity contribution in [1.82, 2.24) is 14.8 Å². The number of carbonyl (C=O) groups is 1. The fourth-order valence-electron chi connectivity index (χ4n) is 4.96. The first-order valence-electron chi connectivity index (χ1n) is 8.82. The van der Waals surface area contributed by atoms with Gasteiger partial charge in [-0.05, 0) is 37.3 Å². The Labute approximate surface area is 147 Å². The highest BCUT2D eigenvalue weighted by atomic mass is 16.2. The summed E-state index contributed by atoms with van der Waals surface area (Å²) in [6, 6.07) is 5.91. The van der Waals surface area contributed by atoms with Crippen LogP contribution < -0.4 is 0 Å². The van der Waals surface area contributed by atoms with E-state index in [9.17, 15) is 9.90 Å². The minimum atomic E-state index is -0.236. The number of Topliss-reactive ketones (excluding diaryl/α,β-unsaturated/α-hetero) is 1. The Balaban J connectivity index is 1.88. The predicted molar refractivity (Wildman–Crippen MR) is 95.1 cm³/mol. The molecule has 3 atom stereocenters. The molecule has 25 heavy (non-hydrogen) atoms. The molecule has 2 aromatic rings. The van der Waals surface area contributed by atoms with Crippen molar-refractivity contribution < 1.29 is 9.90 Å². The molecule has 1 saturated carbocycles. The van der Waals surface area contributed by atoms with Gasteiger partial charge in [-0.1, -0.05) is 19.9 Å². The van der Waals surface area contributed by atoms with E-state index >= 15 is 0 Å². The average Bonchev–Trinajstić information content (AvgIpc) is 2.96. The van der Waals surface area contributed by atoms with Crippen molar-refractivity contribution in [3.05, 3.63) is 47.5 Å². The van der Waals surface area contributed by atoms with Crippen molar-refractivity contribution in [2.45, 2.75) is 38.5 Å².